The summed E-state index contributed by atoms with van der Waals surface area (Å²) in [6.45, 7) is 1.56. The molecule has 5 unspecified atom stereocenters. The molecule has 1 aromatic rings. The van der Waals surface area contributed by atoms with Crippen LogP contribution in [0.1, 0.15) is 43.7 Å². The summed E-state index contributed by atoms with van der Waals surface area (Å²) in [5.74, 6) is -0.180. The van der Waals surface area contributed by atoms with E-state index in [4.69, 9.17) is 0 Å². The Morgan fingerprint density at radius 2 is 1.54 bits per heavy atom. The Morgan fingerprint density at radius 1 is 0.929 bits per heavy atom. The quantitative estimate of drug-likeness (QED) is 0.598. The van der Waals surface area contributed by atoms with Gasteiger partial charge in [0.05, 0.1) is 24.3 Å². The standard InChI is InChI=1S/C23H26N2O3/c26-19(24-11-5-2-6-12-24)14-18(15-7-3-1-4-8-15)25-22(27)20-16-9-10-17(13-16)21(20)23(25)28/h1,3-4,7-10,16-18,20-21H,2,5-6,11-14H2. The summed E-state index contributed by atoms with van der Waals surface area (Å²) in [4.78, 5) is 43.0. The number of carbonyl (C=O) groups is 3. The molecule has 2 heterocycles. The fraction of sp³-hybridized carbons (Fsp3) is 0.522. The SMILES string of the molecule is O=C(CC(c1ccccc1)N1C(=O)C2C3C=CC(C3)C2C1=O)N1CCCCC1. The normalized spacial score (nSPS) is 32.1. The van der Waals surface area contributed by atoms with Gasteiger partial charge in [0, 0.05) is 13.1 Å². The van der Waals surface area contributed by atoms with Gasteiger partial charge in [0.1, 0.15) is 0 Å². The number of imide groups is 1. The molecule has 5 rings (SSSR count). The third-order valence-electron chi connectivity index (χ3n) is 7.08. The fourth-order valence-corrected chi connectivity index (χ4v) is 5.70. The van der Waals surface area contributed by atoms with E-state index in [9.17, 15) is 14.4 Å². The number of hydrogen-bond donors (Lipinski definition) is 0. The van der Waals surface area contributed by atoms with Crippen molar-refractivity contribution in [2.45, 2.75) is 38.1 Å². The molecule has 5 atom stereocenters. The van der Waals surface area contributed by atoms with Crippen molar-refractivity contribution < 1.29 is 14.4 Å². The van der Waals surface area contributed by atoms with Gasteiger partial charge in [-0.1, -0.05) is 42.5 Å². The molecule has 2 aliphatic heterocycles. The van der Waals surface area contributed by atoms with E-state index in [0.29, 0.717) is 0 Å². The highest BCUT2D eigenvalue weighted by molar-refractivity contribution is 6.07. The number of carbonyl (C=O) groups excluding carboxylic acids is 3. The Hall–Kier alpha value is -2.43. The van der Waals surface area contributed by atoms with Gasteiger partial charge < -0.3 is 4.90 Å². The van der Waals surface area contributed by atoms with Gasteiger partial charge in [-0.3, -0.25) is 19.3 Å². The lowest BCUT2D eigenvalue weighted by Crippen LogP contribution is -2.41. The average Bonchev–Trinajstić information content (AvgIpc) is 3.42. The summed E-state index contributed by atoms with van der Waals surface area (Å²) in [5, 5.41) is 0. The lowest BCUT2D eigenvalue weighted by molar-refractivity contribution is -0.145. The van der Waals surface area contributed by atoms with Crippen LogP contribution in [-0.2, 0) is 14.4 Å². The molecule has 0 radical (unpaired) electrons. The molecule has 2 aliphatic carbocycles. The van der Waals surface area contributed by atoms with E-state index in [2.05, 4.69) is 12.2 Å². The molecule has 4 aliphatic rings. The molecule has 1 saturated carbocycles. The first-order chi connectivity index (χ1) is 13.6. The summed E-state index contributed by atoms with van der Waals surface area (Å²) >= 11 is 0. The third-order valence-corrected chi connectivity index (χ3v) is 7.08. The fourth-order valence-electron chi connectivity index (χ4n) is 5.70. The van der Waals surface area contributed by atoms with Gasteiger partial charge in [0.25, 0.3) is 0 Å². The Balaban J connectivity index is 1.44. The Kier molecular flexibility index (Phi) is 4.33. The van der Waals surface area contributed by atoms with Crippen molar-refractivity contribution in [3.05, 3.63) is 48.0 Å². The van der Waals surface area contributed by atoms with Crippen molar-refractivity contribution in [3.63, 3.8) is 0 Å². The summed E-state index contributed by atoms with van der Waals surface area (Å²) in [5.41, 5.74) is 0.870. The summed E-state index contributed by atoms with van der Waals surface area (Å²) in [6.07, 6.45) is 8.54. The topological polar surface area (TPSA) is 57.7 Å². The second-order valence-corrected chi connectivity index (χ2v) is 8.62. The maximum Gasteiger partial charge on any atom is 0.234 e. The molecule has 2 saturated heterocycles. The van der Waals surface area contributed by atoms with E-state index in [-0.39, 0.29) is 47.8 Å². The van der Waals surface area contributed by atoms with Gasteiger partial charge >= 0.3 is 0 Å². The summed E-state index contributed by atoms with van der Waals surface area (Å²) in [6, 6.07) is 9.08. The molecule has 2 bridgehead atoms. The molecule has 0 spiro atoms. The summed E-state index contributed by atoms with van der Waals surface area (Å²) in [7, 11) is 0. The molecular weight excluding hydrogens is 352 g/mol. The second-order valence-electron chi connectivity index (χ2n) is 8.62. The Bertz CT molecular complexity index is 798. The number of rotatable bonds is 4. The zero-order valence-corrected chi connectivity index (χ0v) is 16.0. The highest BCUT2D eigenvalue weighted by Gasteiger charge is 2.60. The first-order valence-electron chi connectivity index (χ1n) is 10.5. The number of hydrogen-bond acceptors (Lipinski definition) is 3. The predicted octanol–water partition coefficient (Wildman–Crippen LogP) is 2.94. The van der Waals surface area contributed by atoms with Crippen LogP contribution >= 0.6 is 0 Å². The molecule has 5 heteroatoms. The predicted molar refractivity (Wildman–Crippen MR) is 104 cm³/mol. The third kappa shape index (κ3) is 2.71. The van der Waals surface area contributed by atoms with Crippen molar-refractivity contribution in [1.29, 1.82) is 0 Å². The van der Waals surface area contributed by atoms with Crippen molar-refractivity contribution in [1.82, 2.24) is 9.80 Å². The van der Waals surface area contributed by atoms with E-state index >= 15 is 0 Å². The molecule has 3 amide bonds. The van der Waals surface area contributed by atoms with Gasteiger partial charge in [-0.05, 0) is 43.1 Å². The van der Waals surface area contributed by atoms with E-state index in [0.717, 1.165) is 44.3 Å². The van der Waals surface area contributed by atoms with Crippen LogP contribution in [0.15, 0.2) is 42.5 Å². The van der Waals surface area contributed by atoms with E-state index in [1.807, 2.05) is 35.2 Å². The van der Waals surface area contributed by atoms with Crippen molar-refractivity contribution in [3.8, 4) is 0 Å². The van der Waals surface area contributed by atoms with Crippen molar-refractivity contribution >= 4 is 17.7 Å². The lowest BCUT2D eigenvalue weighted by atomic mass is 9.85. The van der Waals surface area contributed by atoms with Crippen LogP contribution in [0.2, 0.25) is 0 Å². The molecule has 0 N–H and O–H groups in total. The number of nitrogens with zero attached hydrogens (tertiary/aromatic N) is 2. The maximum atomic E-state index is 13.3. The zero-order chi connectivity index (χ0) is 19.3. The number of amides is 3. The van der Waals surface area contributed by atoms with Crippen LogP contribution < -0.4 is 0 Å². The smallest absolute Gasteiger partial charge is 0.234 e. The molecule has 3 fully saturated rings. The maximum absolute atomic E-state index is 13.3. The average molecular weight is 378 g/mol. The number of benzene rings is 1. The summed E-state index contributed by atoms with van der Waals surface area (Å²) < 4.78 is 0. The molecule has 28 heavy (non-hydrogen) atoms. The van der Waals surface area contributed by atoms with E-state index in [1.54, 1.807) is 0 Å². The van der Waals surface area contributed by atoms with E-state index in [1.165, 1.54) is 4.90 Å². The van der Waals surface area contributed by atoms with Crippen molar-refractivity contribution in [2.24, 2.45) is 23.7 Å². The molecular formula is C23H26N2O3. The number of piperidine rings is 1. The van der Waals surface area contributed by atoms with Gasteiger partial charge in [-0.2, -0.15) is 0 Å². The van der Waals surface area contributed by atoms with Gasteiger partial charge in [-0.25, -0.2) is 0 Å². The Labute approximate surface area is 165 Å². The van der Waals surface area contributed by atoms with Crippen LogP contribution in [0, 0.1) is 23.7 Å². The minimum Gasteiger partial charge on any atom is -0.343 e. The minimum atomic E-state index is -0.499. The lowest BCUT2D eigenvalue weighted by Gasteiger charge is -2.32. The first kappa shape index (κ1) is 17.7. The molecule has 146 valence electrons. The van der Waals surface area contributed by atoms with Crippen molar-refractivity contribution in [2.75, 3.05) is 13.1 Å². The second kappa shape index (κ2) is 6.87. The minimum absolute atomic E-state index is 0.0484. The van der Waals surface area contributed by atoms with E-state index < -0.39 is 6.04 Å². The number of allylic oxidation sites excluding steroid dienone is 2. The molecule has 0 aromatic heterocycles. The zero-order valence-electron chi connectivity index (χ0n) is 16.0. The largest absolute Gasteiger partial charge is 0.343 e. The van der Waals surface area contributed by atoms with Crippen LogP contribution in [0.4, 0.5) is 0 Å². The monoisotopic (exact) mass is 378 g/mol. The van der Waals surface area contributed by atoms with Crippen LogP contribution in [0.25, 0.3) is 0 Å². The Morgan fingerprint density at radius 3 is 2.14 bits per heavy atom. The first-order valence-corrected chi connectivity index (χ1v) is 10.5. The van der Waals surface area contributed by atoms with Gasteiger partial charge in [-0.15, -0.1) is 0 Å². The molecule has 1 aromatic carbocycles. The number of fused-ring (bicyclic) bond motifs is 5. The van der Waals surface area contributed by atoms with Crippen LogP contribution in [0.3, 0.4) is 0 Å². The highest BCUT2D eigenvalue weighted by atomic mass is 16.2. The highest BCUT2D eigenvalue weighted by Crippen LogP contribution is 2.54. The van der Waals surface area contributed by atoms with Gasteiger partial charge in [0.2, 0.25) is 17.7 Å². The van der Waals surface area contributed by atoms with Crippen LogP contribution in [-0.4, -0.2) is 40.6 Å². The van der Waals surface area contributed by atoms with Gasteiger partial charge in [0.15, 0.2) is 0 Å². The molecule has 5 nitrogen and oxygen atoms in total. The number of likely N-dealkylation sites (tertiary alicyclic amines) is 2. The van der Waals surface area contributed by atoms with Crippen LogP contribution in [0.5, 0.6) is 0 Å².